The van der Waals surface area contributed by atoms with Crippen molar-refractivity contribution in [2.24, 2.45) is 0 Å². The Bertz CT molecular complexity index is 644. The highest BCUT2D eigenvalue weighted by molar-refractivity contribution is 5.69. The average Bonchev–Trinajstić information content (AvgIpc) is 3.12. The van der Waals surface area contributed by atoms with Crippen molar-refractivity contribution in [1.82, 2.24) is 0 Å². The van der Waals surface area contributed by atoms with E-state index in [-0.39, 0.29) is 5.97 Å². The molecule has 0 saturated heterocycles. The molecule has 0 spiro atoms. The predicted molar refractivity (Wildman–Crippen MR) is 222 cm³/mol. The van der Waals surface area contributed by atoms with Crippen LogP contribution in [0.2, 0.25) is 0 Å². The van der Waals surface area contributed by atoms with Crippen LogP contribution in [0.15, 0.2) is 12.2 Å². The third kappa shape index (κ3) is 45.2. The second kappa shape index (κ2) is 46.2. The molecule has 298 valence electrons. The quantitative estimate of drug-likeness (QED) is 0.0390. The average molecular weight is 705 g/mol. The Kier molecular flexibility index (Phi) is 45.4. The smallest absolute Gasteiger partial charge is 0.305 e. The van der Waals surface area contributed by atoms with Crippen LogP contribution in [-0.2, 0) is 9.53 Å². The third-order valence-corrected chi connectivity index (χ3v) is 10.7. The molecule has 0 amide bonds. The van der Waals surface area contributed by atoms with Gasteiger partial charge in [0.25, 0.3) is 0 Å². The third-order valence-electron chi connectivity index (χ3n) is 10.7. The second-order valence-electron chi connectivity index (χ2n) is 15.8. The number of aliphatic hydroxyl groups is 1. The van der Waals surface area contributed by atoms with Crippen LogP contribution in [0.5, 0.6) is 0 Å². The van der Waals surface area contributed by atoms with Crippen molar-refractivity contribution in [1.29, 1.82) is 0 Å². The van der Waals surface area contributed by atoms with Crippen molar-refractivity contribution in [2.75, 3.05) is 13.2 Å². The van der Waals surface area contributed by atoms with E-state index in [1.165, 1.54) is 238 Å². The summed E-state index contributed by atoms with van der Waals surface area (Å²) in [7, 11) is 0. The zero-order valence-electron chi connectivity index (χ0n) is 34.3. The summed E-state index contributed by atoms with van der Waals surface area (Å²) >= 11 is 0. The Hall–Kier alpha value is -0.830. The van der Waals surface area contributed by atoms with Gasteiger partial charge in [-0.3, -0.25) is 4.79 Å². The maximum atomic E-state index is 12.0. The predicted octanol–water partition coefficient (Wildman–Crippen LogP) is 16.1. The number of hydrogen-bond acceptors (Lipinski definition) is 3. The van der Waals surface area contributed by atoms with Crippen molar-refractivity contribution in [3.8, 4) is 0 Å². The normalized spacial score (nSPS) is 11.6. The fourth-order valence-corrected chi connectivity index (χ4v) is 7.23. The van der Waals surface area contributed by atoms with Crippen molar-refractivity contribution in [3.05, 3.63) is 12.2 Å². The monoisotopic (exact) mass is 705 g/mol. The molecule has 50 heavy (non-hydrogen) atoms. The molecule has 0 aliphatic rings. The molecule has 0 unspecified atom stereocenters. The van der Waals surface area contributed by atoms with Crippen LogP contribution in [0.3, 0.4) is 0 Å². The molecule has 3 heteroatoms. The minimum absolute atomic E-state index is 0.0209. The van der Waals surface area contributed by atoms with Gasteiger partial charge < -0.3 is 9.84 Å². The van der Waals surface area contributed by atoms with Crippen LogP contribution in [0.25, 0.3) is 0 Å². The molecule has 3 nitrogen and oxygen atoms in total. The minimum Gasteiger partial charge on any atom is -0.466 e. The Balaban J connectivity index is 3.16. The Labute approximate surface area is 315 Å². The second-order valence-corrected chi connectivity index (χ2v) is 15.8. The molecule has 0 heterocycles. The summed E-state index contributed by atoms with van der Waals surface area (Å²) in [5, 5.41) is 8.81. The van der Waals surface area contributed by atoms with E-state index in [0.29, 0.717) is 19.6 Å². The molecule has 0 saturated carbocycles. The van der Waals surface area contributed by atoms with Gasteiger partial charge in [-0.25, -0.2) is 0 Å². The highest BCUT2D eigenvalue weighted by atomic mass is 16.5. The number of carbonyl (C=O) groups excluding carboxylic acids is 1. The van der Waals surface area contributed by atoms with Gasteiger partial charge in [0, 0.05) is 13.0 Å². The number of unbranched alkanes of at least 4 members (excludes halogenated alkanes) is 37. The minimum atomic E-state index is 0.0209. The van der Waals surface area contributed by atoms with Crippen molar-refractivity contribution < 1.29 is 14.6 Å². The SMILES string of the molecule is CCCCCCCCC=CCCCCCCCCCC(=O)OCCCCCCCCCCCCCCCCCCCCCCCCCCCO. The zero-order valence-corrected chi connectivity index (χ0v) is 34.3. The molecule has 0 bridgehead atoms. The molecule has 1 N–H and O–H groups in total. The number of hydrogen-bond donors (Lipinski definition) is 1. The zero-order chi connectivity index (χ0) is 36.1. The summed E-state index contributed by atoms with van der Waals surface area (Å²) < 4.78 is 5.48. The van der Waals surface area contributed by atoms with Gasteiger partial charge in [-0.1, -0.05) is 231 Å². The molecule has 0 aromatic rings. The number of ether oxygens (including phenoxy) is 1. The topological polar surface area (TPSA) is 46.5 Å². The molecular formula is C47H92O3. The van der Waals surface area contributed by atoms with Crippen LogP contribution in [0, 0.1) is 0 Å². The number of allylic oxidation sites excluding steroid dienone is 2. The van der Waals surface area contributed by atoms with Gasteiger partial charge in [0.2, 0.25) is 0 Å². The summed E-state index contributed by atoms with van der Waals surface area (Å²) in [6, 6.07) is 0. The summed E-state index contributed by atoms with van der Waals surface area (Å²) in [6.45, 7) is 3.27. The number of carbonyl (C=O) groups is 1. The molecule has 0 aliphatic carbocycles. The van der Waals surface area contributed by atoms with E-state index in [0.717, 1.165) is 19.3 Å². The van der Waals surface area contributed by atoms with Crippen LogP contribution >= 0.6 is 0 Å². The van der Waals surface area contributed by atoms with Gasteiger partial charge in [-0.15, -0.1) is 0 Å². The lowest BCUT2D eigenvalue weighted by molar-refractivity contribution is -0.143. The Morgan fingerprint density at radius 2 is 0.660 bits per heavy atom. The van der Waals surface area contributed by atoms with Gasteiger partial charge in [-0.05, 0) is 44.9 Å². The number of esters is 1. The van der Waals surface area contributed by atoms with E-state index in [2.05, 4.69) is 19.1 Å². The molecule has 0 aromatic carbocycles. The lowest BCUT2D eigenvalue weighted by Gasteiger charge is -2.06. The molecule has 0 fully saturated rings. The largest absolute Gasteiger partial charge is 0.466 e. The fourth-order valence-electron chi connectivity index (χ4n) is 7.23. The summed E-state index contributed by atoms with van der Waals surface area (Å²) in [4.78, 5) is 12.0. The highest BCUT2D eigenvalue weighted by Gasteiger charge is 2.03. The summed E-state index contributed by atoms with van der Waals surface area (Å²) in [6.07, 6.45) is 59.1. The highest BCUT2D eigenvalue weighted by Crippen LogP contribution is 2.16. The van der Waals surface area contributed by atoms with E-state index in [1.54, 1.807) is 0 Å². The summed E-state index contributed by atoms with van der Waals surface area (Å²) in [5.74, 6) is 0.0209. The first-order valence-electron chi connectivity index (χ1n) is 23.2. The first-order chi connectivity index (χ1) is 24.8. The Morgan fingerprint density at radius 1 is 0.380 bits per heavy atom. The van der Waals surface area contributed by atoms with Crippen LogP contribution < -0.4 is 0 Å². The van der Waals surface area contributed by atoms with E-state index in [1.807, 2.05) is 0 Å². The maximum Gasteiger partial charge on any atom is 0.305 e. The van der Waals surface area contributed by atoms with Gasteiger partial charge >= 0.3 is 5.97 Å². The van der Waals surface area contributed by atoms with Crippen molar-refractivity contribution >= 4 is 5.97 Å². The van der Waals surface area contributed by atoms with E-state index >= 15 is 0 Å². The van der Waals surface area contributed by atoms with Gasteiger partial charge in [0.15, 0.2) is 0 Å². The van der Waals surface area contributed by atoms with E-state index in [9.17, 15) is 4.79 Å². The lowest BCUT2D eigenvalue weighted by atomic mass is 10.0. The van der Waals surface area contributed by atoms with E-state index < -0.39 is 0 Å². The molecule has 0 aliphatic heterocycles. The maximum absolute atomic E-state index is 12.0. The van der Waals surface area contributed by atoms with Crippen LogP contribution in [0.4, 0.5) is 0 Å². The van der Waals surface area contributed by atoms with Crippen LogP contribution in [0.1, 0.15) is 270 Å². The molecule has 0 rings (SSSR count). The van der Waals surface area contributed by atoms with Crippen molar-refractivity contribution in [2.45, 2.75) is 270 Å². The molecule has 0 atom stereocenters. The fraction of sp³-hybridized carbons (Fsp3) is 0.936. The number of aliphatic hydroxyl groups excluding tert-OH is 1. The standard InChI is InChI=1S/C47H92O3/c1-2-3-4-5-6-7-8-9-10-20-23-26-29-32-35-38-41-44-47(49)50-46-43-40-37-34-31-28-25-22-19-17-15-13-11-12-14-16-18-21-24-27-30-33-36-39-42-45-48/h9-10,48H,2-8,11-46H2,1H3. The Morgan fingerprint density at radius 3 is 1.00 bits per heavy atom. The van der Waals surface area contributed by atoms with Gasteiger partial charge in [0.1, 0.15) is 0 Å². The van der Waals surface area contributed by atoms with E-state index in [4.69, 9.17) is 9.84 Å². The van der Waals surface area contributed by atoms with Crippen LogP contribution in [-0.4, -0.2) is 24.3 Å². The first-order valence-corrected chi connectivity index (χ1v) is 23.2. The number of rotatable bonds is 44. The van der Waals surface area contributed by atoms with Gasteiger partial charge in [0.05, 0.1) is 6.61 Å². The first kappa shape index (κ1) is 49.2. The summed E-state index contributed by atoms with van der Waals surface area (Å²) in [5.41, 5.74) is 0. The van der Waals surface area contributed by atoms with Gasteiger partial charge in [-0.2, -0.15) is 0 Å². The molecular weight excluding hydrogens is 613 g/mol. The van der Waals surface area contributed by atoms with Crippen molar-refractivity contribution in [3.63, 3.8) is 0 Å². The molecule has 0 radical (unpaired) electrons. The molecule has 0 aromatic heterocycles. The lowest BCUT2D eigenvalue weighted by Crippen LogP contribution is -2.05.